The highest BCUT2D eigenvalue weighted by atomic mass is 35.5. The zero-order chi connectivity index (χ0) is 9.19. The van der Waals surface area contributed by atoms with Crippen LogP contribution in [0.3, 0.4) is 0 Å². The monoisotopic (exact) mass is 205 g/mol. The molecule has 5 heteroatoms. The second-order valence-electron chi connectivity index (χ2n) is 2.03. The molecule has 0 bridgehead atoms. The van der Waals surface area contributed by atoms with Gasteiger partial charge in [-0.3, -0.25) is 4.18 Å². The molecule has 0 N–H and O–H groups in total. The number of hydrogen-bond acceptors (Lipinski definition) is 3. The molecule has 1 rings (SSSR count). The van der Waals surface area contributed by atoms with Gasteiger partial charge in [-0.25, -0.2) is 0 Å². The molecule has 0 saturated carbocycles. The Kier molecular flexibility index (Phi) is 2.72. The summed E-state index contributed by atoms with van der Waals surface area (Å²) in [6.45, 7) is 0. The van der Waals surface area contributed by atoms with Crippen molar-refractivity contribution in [2.45, 2.75) is 4.90 Å². The first-order valence-electron chi connectivity index (χ1n) is 3.00. The van der Waals surface area contributed by atoms with Crippen molar-refractivity contribution in [1.82, 2.24) is 0 Å². The maximum atomic E-state index is 11.0. The average Bonchev–Trinajstić information content (AvgIpc) is 2.05. The Morgan fingerprint density at radius 2 is 2.08 bits per heavy atom. The summed E-state index contributed by atoms with van der Waals surface area (Å²) in [6.07, 6.45) is 0. The second-order valence-corrected chi connectivity index (χ2v) is 4.08. The Morgan fingerprint density at radius 3 is 2.58 bits per heavy atom. The SMILES string of the molecule is [CH2]OS(=O)(=O)c1cccc(Cl)c1. The summed E-state index contributed by atoms with van der Waals surface area (Å²) in [5.41, 5.74) is 0. The van der Waals surface area contributed by atoms with Crippen LogP contribution in [-0.4, -0.2) is 8.42 Å². The van der Waals surface area contributed by atoms with Crippen molar-refractivity contribution in [3.63, 3.8) is 0 Å². The number of benzene rings is 1. The van der Waals surface area contributed by atoms with Gasteiger partial charge < -0.3 is 0 Å². The number of halogens is 1. The van der Waals surface area contributed by atoms with Crippen LogP contribution in [0.2, 0.25) is 5.02 Å². The predicted molar refractivity (Wildman–Crippen MR) is 45.1 cm³/mol. The van der Waals surface area contributed by atoms with E-state index < -0.39 is 10.1 Å². The average molecular weight is 206 g/mol. The zero-order valence-corrected chi connectivity index (χ0v) is 7.60. The molecule has 0 aliphatic heterocycles. The Balaban J connectivity index is 3.21. The molecule has 0 aliphatic rings. The van der Waals surface area contributed by atoms with Gasteiger partial charge in [-0.2, -0.15) is 8.42 Å². The summed E-state index contributed by atoms with van der Waals surface area (Å²) < 4.78 is 26.1. The van der Waals surface area contributed by atoms with E-state index in [1.54, 1.807) is 6.07 Å². The van der Waals surface area contributed by atoms with Crippen LogP contribution in [0.4, 0.5) is 0 Å². The van der Waals surface area contributed by atoms with Gasteiger partial charge in [-0.1, -0.05) is 17.7 Å². The van der Waals surface area contributed by atoms with Crippen molar-refractivity contribution in [3.8, 4) is 0 Å². The minimum absolute atomic E-state index is 0.00463. The van der Waals surface area contributed by atoms with Crippen LogP contribution in [0.1, 0.15) is 0 Å². The first-order valence-corrected chi connectivity index (χ1v) is 4.79. The quantitative estimate of drug-likeness (QED) is 0.692. The third kappa shape index (κ3) is 1.97. The fraction of sp³-hybridized carbons (Fsp3) is 0. The van der Waals surface area contributed by atoms with Crippen molar-refractivity contribution >= 4 is 21.7 Å². The van der Waals surface area contributed by atoms with E-state index in [9.17, 15) is 8.42 Å². The molecule has 0 unspecified atom stereocenters. The van der Waals surface area contributed by atoms with E-state index in [4.69, 9.17) is 11.6 Å². The smallest absolute Gasteiger partial charge is 0.264 e. The Labute approximate surface area is 76.0 Å². The van der Waals surface area contributed by atoms with E-state index in [2.05, 4.69) is 11.3 Å². The van der Waals surface area contributed by atoms with Crippen LogP contribution in [0.25, 0.3) is 0 Å². The molecule has 1 radical (unpaired) electrons. The molecule has 0 saturated heterocycles. The topological polar surface area (TPSA) is 43.4 Å². The first-order chi connectivity index (χ1) is 5.56. The van der Waals surface area contributed by atoms with Crippen molar-refractivity contribution < 1.29 is 12.6 Å². The van der Waals surface area contributed by atoms with Crippen LogP contribution in [-0.2, 0) is 14.3 Å². The fourth-order valence-electron chi connectivity index (χ4n) is 0.691. The van der Waals surface area contributed by atoms with Crippen LogP contribution >= 0.6 is 11.6 Å². The lowest BCUT2D eigenvalue weighted by Gasteiger charge is -1.99. The highest BCUT2D eigenvalue weighted by Gasteiger charge is 2.12. The van der Waals surface area contributed by atoms with Gasteiger partial charge in [0.05, 0.1) is 12.0 Å². The normalized spacial score (nSPS) is 11.5. The third-order valence-electron chi connectivity index (χ3n) is 1.24. The van der Waals surface area contributed by atoms with E-state index in [1.807, 2.05) is 0 Å². The maximum Gasteiger partial charge on any atom is 0.297 e. The molecule has 3 nitrogen and oxygen atoms in total. The molecule has 0 heterocycles. The molecule has 65 valence electrons. The molecule has 0 fully saturated rings. The fourth-order valence-corrected chi connectivity index (χ4v) is 1.60. The molecular formula is C7H6ClO3S. The minimum atomic E-state index is -3.72. The van der Waals surface area contributed by atoms with Crippen LogP contribution in [0.5, 0.6) is 0 Å². The van der Waals surface area contributed by atoms with E-state index in [0.29, 0.717) is 5.02 Å². The van der Waals surface area contributed by atoms with Gasteiger partial charge >= 0.3 is 0 Å². The zero-order valence-electron chi connectivity index (χ0n) is 6.03. The molecule has 1 aromatic carbocycles. The molecule has 0 aromatic heterocycles. The Morgan fingerprint density at radius 1 is 1.42 bits per heavy atom. The van der Waals surface area contributed by atoms with Crippen molar-refractivity contribution in [2.75, 3.05) is 0 Å². The van der Waals surface area contributed by atoms with Gasteiger partial charge in [-0.05, 0) is 18.2 Å². The van der Waals surface area contributed by atoms with E-state index in [0.717, 1.165) is 0 Å². The predicted octanol–water partition coefficient (Wildman–Crippen LogP) is 1.84. The van der Waals surface area contributed by atoms with E-state index in [1.165, 1.54) is 18.2 Å². The molecule has 0 spiro atoms. The molecular weight excluding hydrogens is 200 g/mol. The van der Waals surface area contributed by atoms with Gasteiger partial charge in [0.2, 0.25) is 0 Å². The highest BCUT2D eigenvalue weighted by molar-refractivity contribution is 7.86. The number of rotatable bonds is 2. The Bertz CT molecular complexity index is 372. The van der Waals surface area contributed by atoms with Crippen molar-refractivity contribution in [3.05, 3.63) is 36.4 Å². The van der Waals surface area contributed by atoms with Gasteiger partial charge in [0.1, 0.15) is 0 Å². The van der Waals surface area contributed by atoms with E-state index >= 15 is 0 Å². The molecule has 12 heavy (non-hydrogen) atoms. The summed E-state index contributed by atoms with van der Waals surface area (Å²) in [7, 11) is -0.884. The molecule has 1 aromatic rings. The lowest BCUT2D eigenvalue weighted by Crippen LogP contribution is -2.00. The van der Waals surface area contributed by atoms with Gasteiger partial charge in [-0.15, -0.1) is 0 Å². The van der Waals surface area contributed by atoms with Gasteiger partial charge in [0, 0.05) is 5.02 Å². The lowest BCUT2D eigenvalue weighted by atomic mass is 10.4. The largest absolute Gasteiger partial charge is 0.297 e. The van der Waals surface area contributed by atoms with Gasteiger partial charge in [0.15, 0.2) is 0 Å². The summed E-state index contributed by atoms with van der Waals surface area (Å²) in [5.74, 6) is 0. The van der Waals surface area contributed by atoms with Crippen molar-refractivity contribution in [1.29, 1.82) is 0 Å². The highest BCUT2D eigenvalue weighted by Crippen LogP contribution is 2.16. The first kappa shape index (κ1) is 9.51. The van der Waals surface area contributed by atoms with Crippen LogP contribution < -0.4 is 0 Å². The summed E-state index contributed by atoms with van der Waals surface area (Å²) in [6, 6.07) is 5.77. The standard InChI is InChI=1S/C7H6ClO3S/c1-11-12(9,10)7-4-2-3-6(8)5-7/h2-5H,1H2. The molecule has 0 amide bonds. The molecule has 0 aliphatic carbocycles. The van der Waals surface area contributed by atoms with E-state index in [-0.39, 0.29) is 4.90 Å². The summed E-state index contributed by atoms with van der Waals surface area (Å²) in [4.78, 5) is 0.00463. The second kappa shape index (κ2) is 3.43. The lowest BCUT2D eigenvalue weighted by molar-refractivity contribution is 0.438. The summed E-state index contributed by atoms with van der Waals surface area (Å²) in [5, 5.41) is 0.341. The third-order valence-corrected chi connectivity index (χ3v) is 2.62. The van der Waals surface area contributed by atoms with Crippen molar-refractivity contribution in [2.24, 2.45) is 0 Å². The minimum Gasteiger partial charge on any atom is -0.264 e. The van der Waals surface area contributed by atoms with Crippen LogP contribution in [0, 0.1) is 7.11 Å². The molecule has 0 atom stereocenters. The number of hydrogen-bond donors (Lipinski definition) is 0. The maximum absolute atomic E-state index is 11.0. The van der Waals surface area contributed by atoms with Gasteiger partial charge in [0.25, 0.3) is 10.1 Å². The Hall–Kier alpha value is -0.580. The van der Waals surface area contributed by atoms with Crippen LogP contribution in [0.15, 0.2) is 29.2 Å². The summed E-state index contributed by atoms with van der Waals surface area (Å²) >= 11 is 5.57.